The average molecular weight is 484 g/mol. The van der Waals surface area contributed by atoms with E-state index >= 15 is 0 Å². The number of aryl methyl sites for hydroxylation is 2. The van der Waals surface area contributed by atoms with Crippen molar-refractivity contribution in [3.63, 3.8) is 0 Å². The van der Waals surface area contributed by atoms with Gasteiger partial charge in [-0.2, -0.15) is 4.98 Å². The van der Waals surface area contributed by atoms with Crippen molar-refractivity contribution in [2.45, 2.75) is 43.8 Å². The minimum atomic E-state index is -0.373. The van der Waals surface area contributed by atoms with Gasteiger partial charge in [0.2, 0.25) is 17.0 Å². The van der Waals surface area contributed by atoms with Crippen LogP contribution in [0.15, 0.2) is 84.0 Å². The number of hydrogen-bond acceptors (Lipinski definition) is 5. The number of benzene rings is 3. The molecule has 178 valence electrons. The molecular formula is C28H29N5OS. The molecule has 0 radical (unpaired) electrons. The van der Waals surface area contributed by atoms with E-state index in [1.807, 2.05) is 41.9 Å². The molecule has 2 N–H and O–H groups in total. The first kappa shape index (κ1) is 23.2. The van der Waals surface area contributed by atoms with Crippen LogP contribution in [0.1, 0.15) is 35.2 Å². The number of para-hydroxylation sites is 1. The summed E-state index contributed by atoms with van der Waals surface area (Å²) in [6, 6.07) is 26.0. The van der Waals surface area contributed by atoms with E-state index in [0.717, 1.165) is 17.0 Å². The SMILES string of the molecule is Cc1ccc([C@@H]2[C@H](C(=O)Nc3ccccc3)[C@@H](C)Nc3nc(SCc4cccc(C)c4)nn32)cc1. The number of amides is 1. The third-order valence-corrected chi connectivity index (χ3v) is 7.23. The molecule has 6 nitrogen and oxygen atoms in total. The maximum absolute atomic E-state index is 13.6. The summed E-state index contributed by atoms with van der Waals surface area (Å²) in [7, 11) is 0. The highest BCUT2D eigenvalue weighted by molar-refractivity contribution is 7.98. The fourth-order valence-corrected chi connectivity index (χ4v) is 5.33. The summed E-state index contributed by atoms with van der Waals surface area (Å²) in [6.07, 6.45) is 0. The molecule has 0 saturated heterocycles. The number of nitrogens with one attached hydrogen (secondary N) is 2. The van der Waals surface area contributed by atoms with Gasteiger partial charge in [0.1, 0.15) is 0 Å². The Morgan fingerprint density at radius 2 is 1.77 bits per heavy atom. The summed E-state index contributed by atoms with van der Waals surface area (Å²) >= 11 is 1.61. The molecule has 3 aromatic carbocycles. The van der Waals surface area contributed by atoms with Gasteiger partial charge < -0.3 is 10.6 Å². The van der Waals surface area contributed by atoms with Gasteiger partial charge in [0.25, 0.3) is 0 Å². The van der Waals surface area contributed by atoms with Crippen molar-refractivity contribution < 1.29 is 4.79 Å². The van der Waals surface area contributed by atoms with E-state index in [-0.39, 0.29) is 23.9 Å². The predicted molar refractivity (Wildman–Crippen MR) is 142 cm³/mol. The Hall–Kier alpha value is -3.58. The third kappa shape index (κ3) is 5.10. The lowest BCUT2D eigenvalue weighted by Gasteiger charge is -2.36. The van der Waals surface area contributed by atoms with Crippen LogP contribution in [0, 0.1) is 19.8 Å². The minimum absolute atomic E-state index is 0.0445. The zero-order valence-electron chi connectivity index (χ0n) is 20.1. The lowest BCUT2D eigenvalue weighted by Crippen LogP contribution is -2.46. The van der Waals surface area contributed by atoms with Gasteiger partial charge in [-0.25, -0.2) is 4.68 Å². The number of rotatable bonds is 6. The zero-order chi connectivity index (χ0) is 24.4. The van der Waals surface area contributed by atoms with Crippen molar-refractivity contribution in [3.8, 4) is 0 Å². The van der Waals surface area contributed by atoms with E-state index in [2.05, 4.69) is 73.0 Å². The quantitative estimate of drug-likeness (QED) is 0.337. The molecule has 0 spiro atoms. The van der Waals surface area contributed by atoms with Gasteiger partial charge in [0, 0.05) is 17.5 Å². The van der Waals surface area contributed by atoms with Gasteiger partial charge >= 0.3 is 0 Å². The number of fused-ring (bicyclic) bond motifs is 1. The molecule has 0 aliphatic carbocycles. The highest BCUT2D eigenvalue weighted by Gasteiger charge is 2.42. The van der Waals surface area contributed by atoms with Crippen molar-refractivity contribution in [2.75, 3.05) is 10.6 Å². The Morgan fingerprint density at radius 3 is 2.51 bits per heavy atom. The Labute approximate surface area is 210 Å². The number of carbonyl (C=O) groups excluding carboxylic acids is 1. The lowest BCUT2D eigenvalue weighted by atomic mass is 9.85. The number of aromatic nitrogens is 3. The molecule has 5 rings (SSSR count). The molecule has 0 fully saturated rings. The van der Waals surface area contributed by atoms with E-state index in [1.165, 1.54) is 16.7 Å². The van der Waals surface area contributed by atoms with Gasteiger partial charge in [-0.15, -0.1) is 5.10 Å². The number of anilines is 2. The van der Waals surface area contributed by atoms with Crippen LogP contribution in [0.3, 0.4) is 0 Å². The molecule has 1 aliphatic heterocycles. The van der Waals surface area contributed by atoms with Crippen LogP contribution in [0.5, 0.6) is 0 Å². The Kier molecular flexibility index (Phi) is 6.59. The molecule has 1 aliphatic rings. The number of nitrogens with zero attached hydrogens (tertiary/aromatic N) is 3. The number of thioether (sulfide) groups is 1. The second-order valence-electron chi connectivity index (χ2n) is 9.11. The summed E-state index contributed by atoms with van der Waals surface area (Å²) in [5.74, 6) is 1.06. The topological polar surface area (TPSA) is 71.8 Å². The molecule has 1 amide bonds. The maximum Gasteiger partial charge on any atom is 0.232 e. The molecule has 0 bridgehead atoms. The van der Waals surface area contributed by atoms with Crippen LogP contribution in [0.2, 0.25) is 0 Å². The smallest absolute Gasteiger partial charge is 0.232 e. The van der Waals surface area contributed by atoms with Crippen molar-refractivity contribution >= 4 is 29.3 Å². The monoisotopic (exact) mass is 483 g/mol. The molecule has 0 saturated carbocycles. The van der Waals surface area contributed by atoms with Crippen LogP contribution in [0.25, 0.3) is 0 Å². The van der Waals surface area contributed by atoms with E-state index in [4.69, 9.17) is 10.1 Å². The Balaban J connectivity index is 1.47. The van der Waals surface area contributed by atoms with E-state index < -0.39 is 0 Å². The standard InChI is InChI=1S/C28H29N5OS/c1-18-12-14-22(15-13-18)25-24(26(34)30-23-10-5-4-6-11-23)20(3)29-27-31-28(32-33(25)27)35-17-21-9-7-8-19(2)16-21/h4-16,20,24-25H,17H2,1-3H3,(H,30,34)(H,29,31,32)/t20-,24-,25-/m1/s1. The van der Waals surface area contributed by atoms with E-state index in [1.54, 1.807) is 11.8 Å². The fourth-order valence-electron chi connectivity index (χ4n) is 4.56. The molecule has 7 heteroatoms. The first-order chi connectivity index (χ1) is 17.0. The highest BCUT2D eigenvalue weighted by Crippen LogP contribution is 2.38. The first-order valence-corrected chi connectivity index (χ1v) is 12.8. The summed E-state index contributed by atoms with van der Waals surface area (Å²) in [6.45, 7) is 6.20. The minimum Gasteiger partial charge on any atom is -0.351 e. The van der Waals surface area contributed by atoms with E-state index in [9.17, 15) is 4.79 Å². The highest BCUT2D eigenvalue weighted by atomic mass is 32.2. The molecule has 3 atom stereocenters. The van der Waals surface area contributed by atoms with Crippen LogP contribution in [0.4, 0.5) is 11.6 Å². The second kappa shape index (κ2) is 9.96. The van der Waals surface area contributed by atoms with Crippen LogP contribution < -0.4 is 10.6 Å². The molecular weight excluding hydrogens is 454 g/mol. The predicted octanol–water partition coefficient (Wildman–Crippen LogP) is 5.85. The van der Waals surface area contributed by atoms with Crippen molar-refractivity contribution in [1.82, 2.24) is 14.8 Å². The van der Waals surface area contributed by atoms with Crippen LogP contribution in [-0.4, -0.2) is 26.7 Å². The second-order valence-corrected chi connectivity index (χ2v) is 10.1. The first-order valence-electron chi connectivity index (χ1n) is 11.8. The Morgan fingerprint density at radius 1 is 1.00 bits per heavy atom. The van der Waals surface area contributed by atoms with Crippen LogP contribution in [-0.2, 0) is 10.5 Å². The maximum atomic E-state index is 13.6. The van der Waals surface area contributed by atoms with Gasteiger partial charge in [-0.1, -0.05) is 89.6 Å². The molecule has 1 aromatic heterocycles. The van der Waals surface area contributed by atoms with Gasteiger partial charge in [0.05, 0.1) is 12.0 Å². The Bertz CT molecular complexity index is 1320. The third-order valence-electron chi connectivity index (χ3n) is 6.32. The molecule has 4 aromatic rings. The summed E-state index contributed by atoms with van der Waals surface area (Å²) in [5.41, 5.74) is 5.47. The lowest BCUT2D eigenvalue weighted by molar-refractivity contribution is -0.121. The largest absolute Gasteiger partial charge is 0.351 e. The normalized spacial score (nSPS) is 19.0. The summed E-state index contributed by atoms with van der Waals surface area (Å²) < 4.78 is 1.89. The average Bonchev–Trinajstić information content (AvgIpc) is 3.25. The number of hydrogen-bond donors (Lipinski definition) is 2. The molecule has 35 heavy (non-hydrogen) atoms. The fraction of sp³-hybridized carbons (Fsp3) is 0.250. The molecule has 2 heterocycles. The van der Waals surface area contributed by atoms with E-state index in [0.29, 0.717) is 11.1 Å². The van der Waals surface area contributed by atoms with Gasteiger partial charge in [-0.3, -0.25) is 4.79 Å². The summed E-state index contributed by atoms with van der Waals surface area (Å²) in [5, 5.41) is 12.1. The summed E-state index contributed by atoms with van der Waals surface area (Å²) in [4.78, 5) is 18.4. The zero-order valence-corrected chi connectivity index (χ0v) is 20.9. The number of carbonyl (C=O) groups is 1. The van der Waals surface area contributed by atoms with Gasteiger partial charge in [0.15, 0.2) is 0 Å². The van der Waals surface area contributed by atoms with Gasteiger partial charge in [-0.05, 0) is 44.0 Å². The van der Waals surface area contributed by atoms with Crippen molar-refractivity contribution in [3.05, 3.63) is 101 Å². The van der Waals surface area contributed by atoms with Crippen molar-refractivity contribution in [1.29, 1.82) is 0 Å². The van der Waals surface area contributed by atoms with Crippen molar-refractivity contribution in [2.24, 2.45) is 5.92 Å². The molecule has 0 unspecified atom stereocenters. The van der Waals surface area contributed by atoms with Crippen LogP contribution >= 0.6 is 11.8 Å².